The van der Waals surface area contributed by atoms with Gasteiger partial charge in [-0.25, -0.2) is 0 Å². The second-order valence-corrected chi connectivity index (χ2v) is 5.31. The zero-order chi connectivity index (χ0) is 15.1. The van der Waals surface area contributed by atoms with E-state index in [1.165, 1.54) is 6.07 Å². The van der Waals surface area contributed by atoms with E-state index in [0.717, 1.165) is 28.8 Å². The molecule has 1 saturated heterocycles. The number of benzene rings is 2. The van der Waals surface area contributed by atoms with Crippen LogP contribution in [-0.4, -0.2) is 27.4 Å². The van der Waals surface area contributed by atoms with E-state index >= 15 is 0 Å². The summed E-state index contributed by atoms with van der Waals surface area (Å²) < 4.78 is 7.14. The number of hydrogen-bond donors (Lipinski definition) is 0. The van der Waals surface area contributed by atoms with Gasteiger partial charge in [0.1, 0.15) is 11.8 Å². The summed E-state index contributed by atoms with van der Waals surface area (Å²) in [4.78, 5) is 10.7. The van der Waals surface area contributed by atoms with Crippen molar-refractivity contribution in [2.45, 2.75) is 12.6 Å². The van der Waals surface area contributed by atoms with Crippen LogP contribution in [0.25, 0.3) is 22.2 Å². The van der Waals surface area contributed by atoms with Gasteiger partial charge in [0.25, 0.3) is 5.69 Å². The lowest BCUT2D eigenvalue weighted by molar-refractivity contribution is -0.384. The number of non-ortho nitro benzene ring substituents is 1. The lowest BCUT2D eigenvalue weighted by Crippen LogP contribution is -2.05. The topological polar surface area (TPSA) is 73.5 Å². The van der Waals surface area contributed by atoms with Crippen LogP contribution in [0.2, 0.25) is 0 Å². The van der Waals surface area contributed by atoms with Gasteiger partial charge in [0.05, 0.1) is 23.6 Å². The van der Waals surface area contributed by atoms with E-state index in [0.29, 0.717) is 6.54 Å². The molecule has 22 heavy (non-hydrogen) atoms. The molecule has 0 spiro atoms. The Morgan fingerprint density at radius 3 is 2.73 bits per heavy atom. The van der Waals surface area contributed by atoms with Gasteiger partial charge < -0.3 is 4.74 Å². The molecule has 6 heteroatoms. The Morgan fingerprint density at radius 2 is 2.05 bits per heavy atom. The number of aromatic nitrogens is 2. The van der Waals surface area contributed by atoms with Crippen LogP contribution in [0.5, 0.6) is 0 Å². The third-order valence-electron chi connectivity index (χ3n) is 3.77. The number of epoxide rings is 1. The summed E-state index contributed by atoms with van der Waals surface area (Å²) in [5.74, 6) is 0. The molecule has 0 saturated carbocycles. The Balaban J connectivity index is 1.92. The monoisotopic (exact) mass is 295 g/mol. The summed E-state index contributed by atoms with van der Waals surface area (Å²) in [6.07, 6.45) is 0.196. The van der Waals surface area contributed by atoms with Gasteiger partial charge in [0.15, 0.2) is 0 Å². The van der Waals surface area contributed by atoms with Gasteiger partial charge in [-0.05, 0) is 6.07 Å². The molecule has 4 rings (SSSR count). The Kier molecular flexibility index (Phi) is 2.90. The number of hydrogen-bond acceptors (Lipinski definition) is 4. The number of rotatable bonds is 4. The number of fused-ring (bicyclic) bond motifs is 1. The van der Waals surface area contributed by atoms with E-state index in [2.05, 4.69) is 5.10 Å². The van der Waals surface area contributed by atoms with Crippen LogP contribution in [0.15, 0.2) is 48.5 Å². The Hall–Kier alpha value is -2.73. The molecular weight excluding hydrogens is 282 g/mol. The fourth-order valence-corrected chi connectivity index (χ4v) is 2.60. The lowest BCUT2D eigenvalue weighted by Gasteiger charge is -1.99. The minimum absolute atomic E-state index is 0.0758. The Morgan fingerprint density at radius 1 is 1.27 bits per heavy atom. The average Bonchev–Trinajstić information content (AvgIpc) is 3.28. The van der Waals surface area contributed by atoms with Gasteiger partial charge in [-0.1, -0.05) is 30.3 Å². The minimum Gasteiger partial charge on any atom is -0.371 e. The van der Waals surface area contributed by atoms with Crippen molar-refractivity contribution in [2.75, 3.05) is 6.61 Å². The first-order chi connectivity index (χ1) is 10.7. The molecule has 2 heterocycles. The zero-order valence-corrected chi connectivity index (χ0v) is 11.7. The van der Waals surface area contributed by atoms with Gasteiger partial charge in [0.2, 0.25) is 0 Å². The molecule has 1 aliphatic rings. The van der Waals surface area contributed by atoms with Crippen LogP contribution in [0.1, 0.15) is 0 Å². The highest BCUT2D eigenvalue weighted by Gasteiger charge is 2.25. The first-order valence-corrected chi connectivity index (χ1v) is 7.04. The van der Waals surface area contributed by atoms with Crippen LogP contribution in [-0.2, 0) is 11.3 Å². The maximum atomic E-state index is 11.0. The molecule has 6 nitrogen and oxygen atoms in total. The van der Waals surface area contributed by atoms with Crippen molar-refractivity contribution in [3.63, 3.8) is 0 Å². The van der Waals surface area contributed by atoms with E-state index in [1.807, 2.05) is 35.0 Å². The highest BCUT2D eigenvalue weighted by Crippen LogP contribution is 2.31. The highest BCUT2D eigenvalue weighted by atomic mass is 16.6. The summed E-state index contributed by atoms with van der Waals surface area (Å²) >= 11 is 0. The number of ether oxygens (including phenoxy) is 1. The average molecular weight is 295 g/mol. The summed E-state index contributed by atoms with van der Waals surface area (Å²) in [7, 11) is 0. The van der Waals surface area contributed by atoms with Gasteiger partial charge in [0, 0.05) is 23.1 Å². The standard InChI is InChI=1S/C16H13N3O3/c20-19(21)12-6-7-15-14(8-12)16(11-4-2-1-3-5-11)17-18(15)9-13-10-22-13/h1-8,13H,9-10H2/t13-/m0/s1. The van der Waals surface area contributed by atoms with Crippen LogP contribution >= 0.6 is 0 Å². The van der Waals surface area contributed by atoms with Crippen molar-refractivity contribution in [1.29, 1.82) is 0 Å². The largest absolute Gasteiger partial charge is 0.371 e. The molecule has 110 valence electrons. The molecule has 0 N–H and O–H groups in total. The van der Waals surface area contributed by atoms with Crippen molar-refractivity contribution in [3.05, 3.63) is 58.6 Å². The van der Waals surface area contributed by atoms with Gasteiger partial charge in [-0.15, -0.1) is 0 Å². The van der Waals surface area contributed by atoms with Crippen molar-refractivity contribution in [1.82, 2.24) is 9.78 Å². The van der Waals surface area contributed by atoms with Gasteiger partial charge in [-0.3, -0.25) is 14.8 Å². The molecular formula is C16H13N3O3. The molecule has 1 atom stereocenters. The summed E-state index contributed by atoms with van der Waals surface area (Å²) in [5, 5.41) is 16.5. The molecule has 1 aromatic heterocycles. The number of nitro benzene ring substituents is 1. The van der Waals surface area contributed by atoms with Crippen LogP contribution in [0.4, 0.5) is 5.69 Å². The van der Waals surface area contributed by atoms with Gasteiger partial charge in [-0.2, -0.15) is 5.10 Å². The first kappa shape index (κ1) is 13.0. The van der Waals surface area contributed by atoms with E-state index in [9.17, 15) is 10.1 Å². The van der Waals surface area contributed by atoms with Crippen LogP contribution in [0, 0.1) is 10.1 Å². The quantitative estimate of drug-likeness (QED) is 0.421. The molecule has 2 aromatic carbocycles. The van der Waals surface area contributed by atoms with Crippen LogP contribution < -0.4 is 0 Å². The first-order valence-electron chi connectivity index (χ1n) is 7.04. The zero-order valence-electron chi connectivity index (χ0n) is 11.7. The molecule has 3 aromatic rings. The second-order valence-electron chi connectivity index (χ2n) is 5.31. The minimum atomic E-state index is -0.379. The molecule has 1 fully saturated rings. The maximum absolute atomic E-state index is 11.0. The third kappa shape index (κ3) is 2.23. The SMILES string of the molecule is O=[N+]([O-])c1ccc2c(c1)c(-c1ccccc1)nn2C[C@H]1CO1. The van der Waals surface area contributed by atoms with Crippen molar-refractivity contribution >= 4 is 16.6 Å². The molecule has 0 unspecified atom stereocenters. The van der Waals surface area contributed by atoms with E-state index in [1.54, 1.807) is 12.1 Å². The number of nitro groups is 1. The maximum Gasteiger partial charge on any atom is 0.270 e. The molecule has 0 bridgehead atoms. The van der Waals surface area contributed by atoms with Gasteiger partial charge >= 0.3 is 0 Å². The highest BCUT2D eigenvalue weighted by molar-refractivity contribution is 5.94. The molecule has 0 amide bonds. The molecule has 0 radical (unpaired) electrons. The fourth-order valence-electron chi connectivity index (χ4n) is 2.60. The Labute approximate surface area is 126 Å². The van der Waals surface area contributed by atoms with Crippen molar-refractivity contribution in [3.8, 4) is 11.3 Å². The third-order valence-corrected chi connectivity index (χ3v) is 3.77. The number of nitrogens with zero attached hydrogens (tertiary/aromatic N) is 3. The van der Waals surface area contributed by atoms with E-state index in [4.69, 9.17) is 4.74 Å². The fraction of sp³-hybridized carbons (Fsp3) is 0.188. The second kappa shape index (κ2) is 4.92. The normalized spacial score (nSPS) is 16.8. The van der Waals surface area contributed by atoms with Crippen molar-refractivity contribution in [2.24, 2.45) is 0 Å². The summed E-state index contributed by atoms with van der Waals surface area (Å²) in [6.45, 7) is 1.41. The molecule has 1 aliphatic heterocycles. The predicted molar refractivity (Wildman–Crippen MR) is 81.6 cm³/mol. The smallest absolute Gasteiger partial charge is 0.270 e. The van der Waals surface area contributed by atoms with E-state index < -0.39 is 0 Å². The molecule has 0 aliphatic carbocycles. The van der Waals surface area contributed by atoms with Crippen molar-refractivity contribution < 1.29 is 9.66 Å². The summed E-state index contributed by atoms with van der Waals surface area (Å²) in [6, 6.07) is 14.6. The van der Waals surface area contributed by atoms with Crippen LogP contribution in [0.3, 0.4) is 0 Å². The lowest BCUT2D eigenvalue weighted by atomic mass is 10.1. The summed E-state index contributed by atoms with van der Waals surface area (Å²) in [5.41, 5.74) is 2.68. The van der Waals surface area contributed by atoms with E-state index in [-0.39, 0.29) is 16.7 Å². The Bertz CT molecular complexity index is 854. The predicted octanol–water partition coefficient (Wildman–Crippen LogP) is 3.01.